The summed E-state index contributed by atoms with van der Waals surface area (Å²) in [5, 5.41) is 6.22. The lowest BCUT2D eigenvalue weighted by molar-refractivity contribution is -0.00631. The predicted molar refractivity (Wildman–Crippen MR) is 130 cm³/mol. The Kier molecular flexibility index (Phi) is 6.27. The van der Waals surface area contributed by atoms with Gasteiger partial charge in [-0.3, -0.25) is 4.68 Å². The zero-order valence-corrected chi connectivity index (χ0v) is 21.9. The van der Waals surface area contributed by atoms with Gasteiger partial charge in [0.05, 0.1) is 17.3 Å². The molecule has 1 aromatic carbocycles. The van der Waals surface area contributed by atoms with Crippen LogP contribution in [0.25, 0.3) is 10.9 Å². The average Bonchev–Trinajstić information content (AvgIpc) is 3.39. The van der Waals surface area contributed by atoms with E-state index in [2.05, 4.69) is 38.8 Å². The molecule has 1 heterocycles. The van der Waals surface area contributed by atoms with Crippen molar-refractivity contribution in [2.24, 2.45) is 5.92 Å². The maximum atomic E-state index is 12.8. The number of benzene rings is 1. The quantitative estimate of drug-likeness (QED) is 0.443. The van der Waals surface area contributed by atoms with Crippen molar-refractivity contribution in [2.45, 2.75) is 90.4 Å². The van der Waals surface area contributed by atoms with Crippen molar-refractivity contribution >= 4 is 39.0 Å². The van der Waals surface area contributed by atoms with Crippen molar-refractivity contribution < 1.29 is 19.1 Å². The minimum absolute atomic E-state index is 0.175. The Labute approximate surface area is 203 Å². The highest BCUT2D eigenvalue weighted by molar-refractivity contribution is 9.10. The summed E-state index contributed by atoms with van der Waals surface area (Å²) in [5.41, 5.74) is 0.959. The van der Waals surface area contributed by atoms with E-state index in [1.807, 2.05) is 0 Å². The number of carbonyl (C=O) groups excluding carboxylic acids is 2. The van der Waals surface area contributed by atoms with E-state index in [4.69, 9.17) is 14.6 Å². The lowest BCUT2D eigenvalue weighted by Gasteiger charge is -2.38. The first kappa shape index (κ1) is 24.0. The number of rotatable bonds is 4. The van der Waals surface area contributed by atoms with Gasteiger partial charge >= 0.3 is 12.2 Å². The van der Waals surface area contributed by atoms with Crippen molar-refractivity contribution in [2.75, 3.05) is 6.54 Å². The number of fused-ring (bicyclic) bond motifs is 1. The van der Waals surface area contributed by atoms with Crippen LogP contribution in [-0.2, 0) is 9.47 Å². The van der Waals surface area contributed by atoms with E-state index in [-0.39, 0.29) is 18.5 Å². The van der Waals surface area contributed by atoms with Gasteiger partial charge < -0.3 is 9.47 Å². The molecule has 2 saturated carbocycles. The number of amides is 2. The third-order valence-corrected chi connectivity index (χ3v) is 6.38. The van der Waals surface area contributed by atoms with Gasteiger partial charge in [0, 0.05) is 22.3 Å². The second-order valence-corrected chi connectivity index (χ2v) is 12.2. The molecule has 0 bridgehead atoms. The molecule has 0 saturated heterocycles. The molecule has 0 spiro atoms. The normalized spacial score (nSPS) is 20.9. The number of nitrogens with zero attached hydrogens (tertiary/aromatic N) is 3. The SMILES string of the molecule is CC(C)(C)OC(=O)N(CC1CC(n2nc(C3CC3)c3cc(Br)ccc32)C1)C(=O)OC(C)(C)C. The van der Waals surface area contributed by atoms with Gasteiger partial charge in [0.15, 0.2) is 0 Å². The van der Waals surface area contributed by atoms with E-state index >= 15 is 0 Å². The van der Waals surface area contributed by atoms with Crippen LogP contribution in [0.5, 0.6) is 0 Å². The first-order chi connectivity index (χ1) is 15.3. The first-order valence-electron chi connectivity index (χ1n) is 11.7. The maximum Gasteiger partial charge on any atom is 0.419 e. The zero-order chi connectivity index (χ0) is 24.1. The number of ether oxygens (including phenoxy) is 2. The fraction of sp³-hybridized carbons (Fsp3) is 0.640. The molecule has 2 aliphatic carbocycles. The highest BCUT2D eigenvalue weighted by Gasteiger charge is 2.39. The fourth-order valence-corrected chi connectivity index (χ4v) is 4.60. The van der Waals surface area contributed by atoms with E-state index < -0.39 is 23.4 Å². The lowest BCUT2D eigenvalue weighted by Crippen LogP contribution is -2.47. The van der Waals surface area contributed by atoms with E-state index in [1.165, 1.54) is 23.9 Å². The first-order valence-corrected chi connectivity index (χ1v) is 12.5. The highest BCUT2D eigenvalue weighted by Crippen LogP contribution is 2.46. The van der Waals surface area contributed by atoms with Gasteiger partial charge in [-0.15, -0.1) is 0 Å². The third kappa shape index (κ3) is 5.70. The van der Waals surface area contributed by atoms with Crippen molar-refractivity contribution in [1.29, 1.82) is 0 Å². The number of halogens is 1. The minimum atomic E-state index is -0.693. The molecule has 2 fully saturated rings. The van der Waals surface area contributed by atoms with E-state index in [0.29, 0.717) is 5.92 Å². The molecule has 1 aromatic heterocycles. The van der Waals surface area contributed by atoms with Crippen LogP contribution in [0, 0.1) is 5.92 Å². The summed E-state index contributed by atoms with van der Waals surface area (Å²) in [5.74, 6) is 0.739. The Balaban J connectivity index is 1.47. The smallest absolute Gasteiger partial charge is 0.419 e. The summed E-state index contributed by atoms with van der Waals surface area (Å²) < 4.78 is 14.2. The fourth-order valence-electron chi connectivity index (χ4n) is 4.24. The van der Waals surface area contributed by atoms with Crippen molar-refractivity contribution in [3.63, 3.8) is 0 Å². The predicted octanol–water partition coefficient (Wildman–Crippen LogP) is 6.80. The molecule has 8 heteroatoms. The number of hydrogen-bond acceptors (Lipinski definition) is 5. The highest BCUT2D eigenvalue weighted by atomic mass is 79.9. The molecule has 4 rings (SSSR count). The summed E-state index contributed by atoms with van der Waals surface area (Å²) in [7, 11) is 0. The number of carbonyl (C=O) groups is 2. The van der Waals surface area contributed by atoms with Gasteiger partial charge in [0.25, 0.3) is 0 Å². The van der Waals surface area contributed by atoms with Crippen LogP contribution in [0.15, 0.2) is 22.7 Å². The standard InChI is InChI=1S/C25H34BrN3O4/c1-24(2,3)32-22(30)28(23(31)33-25(4,5)6)14-15-11-18(12-15)29-20-10-9-17(26)13-19(20)21(27-29)16-7-8-16/h9-10,13,15-16,18H,7-8,11-12,14H2,1-6H3. The number of imide groups is 1. The van der Waals surface area contributed by atoms with Crippen LogP contribution in [0.2, 0.25) is 0 Å². The van der Waals surface area contributed by atoms with Crippen molar-refractivity contribution in [3.8, 4) is 0 Å². The van der Waals surface area contributed by atoms with E-state index in [9.17, 15) is 9.59 Å². The zero-order valence-electron chi connectivity index (χ0n) is 20.4. The number of hydrogen-bond donors (Lipinski definition) is 0. The number of aromatic nitrogens is 2. The molecule has 7 nitrogen and oxygen atoms in total. The Morgan fingerprint density at radius 1 is 1.06 bits per heavy atom. The van der Waals surface area contributed by atoms with Crippen LogP contribution in [0.1, 0.15) is 84.9 Å². The minimum Gasteiger partial charge on any atom is -0.443 e. The average molecular weight is 520 g/mol. The monoisotopic (exact) mass is 519 g/mol. The summed E-state index contributed by atoms with van der Waals surface area (Å²) in [6.07, 6.45) is 2.77. The van der Waals surface area contributed by atoms with Crippen LogP contribution in [0.4, 0.5) is 9.59 Å². The second kappa shape index (κ2) is 8.60. The van der Waals surface area contributed by atoms with Crippen LogP contribution in [0.3, 0.4) is 0 Å². The second-order valence-electron chi connectivity index (χ2n) is 11.3. The molecule has 180 valence electrons. The molecule has 2 aromatic rings. The Morgan fingerprint density at radius 3 is 2.15 bits per heavy atom. The lowest BCUT2D eigenvalue weighted by atomic mass is 9.80. The van der Waals surface area contributed by atoms with Crippen molar-refractivity contribution in [1.82, 2.24) is 14.7 Å². The van der Waals surface area contributed by atoms with E-state index in [1.54, 1.807) is 41.5 Å². The van der Waals surface area contributed by atoms with Gasteiger partial charge in [0.1, 0.15) is 11.2 Å². The Bertz CT molecular complexity index is 1030. The molecule has 0 radical (unpaired) electrons. The molecule has 0 aliphatic heterocycles. The largest absolute Gasteiger partial charge is 0.443 e. The Hall–Kier alpha value is -2.09. The molecule has 33 heavy (non-hydrogen) atoms. The van der Waals surface area contributed by atoms with Gasteiger partial charge in [-0.2, -0.15) is 5.10 Å². The summed E-state index contributed by atoms with van der Waals surface area (Å²) in [4.78, 5) is 26.7. The molecule has 0 atom stereocenters. The van der Waals surface area contributed by atoms with Gasteiger partial charge in [-0.05, 0) is 91.3 Å². The van der Waals surface area contributed by atoms with Crippen LogP contribution in [-0.4, -0.2) is 44.6 Å². The van der Waals surface area contributed by atoms with Crippen LogP contribution >= 0.6 is 15.9 Å². The molecule has 0 N–H and O–H groups in total. The van der Waals surface area contributed by atoms with Gasteiger partial charge in [-0.1, -0.05) is 15.9 Å². The molecule has 0 unspecified atom stereocenters. The Morgan fingerprint density at radius 2 is 1.64 bits per heavy atom. The van der Waals surface area contributed by atoms with E-state index in [0.717, 1.165) is 27.7 Å². The third-order valence-electron chi connectivity index (χ3n) is 5.89. The topological polar surface area (TPSA) is 73.7 Å². The van der Waals surface area contributed by atoms with Crippen LogP contribution < -0.4 is 0 Å². The maximum absolute atomic E-state index is 12.8. The molecule has 2 aliphatic rings. The summed E-state index contributed by atoms with van der Waals surface area (Å²) in [6, 6.07) is 6.60. The van der Waals surface area contributed by atoms with Gasteiger partial charge in [-0.25, -0.2) is 14.5 Å². The molecular formula is C25H34BrN3O4. The molecular weight excluding hydrogens is 486 g/mol. The summed E-state index contributed by atoms with van der Waals surface area (Å²) in [6.45, 7) is 11.0. The van der Waals surface area contributed by atoms with Gasteiger partial charge in [0.2, 0.25) is 0 Å². The summed E-state index contributed by atoms with van der Waals surface area (Å²) >= 11 is 3.59. The van der Waals surface area contributed by atoms with Crippen molar-refractivity contribution in [3.05, 3.63) is 28.4 Å². The molecule has 2 amide bonds.